The zero-order valence-electron chi connectivity index (χ0n) is 12.2. The van der Waals surface area contributed by atoms with Crippen LogP contribution in [-0.2, 0) is 6.42 Å². The summed E-state index contributed by atoms with van der Waals surface area (Å²) in [6.07, 6.45) is -1.34. The van der Waals surface area contributed by atoms with Crippen molar-refractivity contribution in [2.45, 2.75) is 51.6 Å². The lowest BCUT2D eigenvalue weighted by atomic mass is 9.78. The first kappa shape index (κ1) is 16.1. The molecule has 1 aliphatic rings. The van der Waals surface area contributed by atoms with Crippen LogP contribution in [0.15, 0.2) is 24.3 Å². The molecule has 116 valence electrons. The number of halogens is 3. The summed E-state index contributed by atoms with van der Waals surface area (Å²) < 4.78 is 37.9. The summed E-state index contributed by atoms with van der Waals surface area (Å²) in [4.78, 5) is 12.4. The Bertz CT molecular complexity index is 485. The molecule has 0 aromatic heterocycles. The molecule has 1 aliphatic carbocycles. The number of aryl methyl sites for hydroxylation is 1. The molecule has 1 aromatic rings. The molecule has 21 heavy (non-hydrogen) atoms. The SMILES string of the molecule is CCCc1cccc(C(=O)C2CCC(C(F)(F)F)CC2)c1. The quantitative estimate of drug-likeness (QED) is 0.699. The first-order valence-corrected chi connectivity index (χ1v) is 7.61. The molecule has 0 spiro atoms. The van der Waals surface area contributed by atoms with E-state index in [4.69, 9.17) is 0 Å². The fourth-order valence-corrected chi connectivity index (χ4v) is 3.09. The Kier molecular flexibility index (Phi) is 5.07. The lowest BCUT2D eigenvalue weighted by molar-refractivity contribution is -0.183. The smallest absolute Gasteiger partial charge is 0.294 e. The summed E-state index contributed by atoms with van der Waals surface area (Å²) in [5, 5.41) is 0. The van der Waals surface area contributed by atoms with Crippen LogP contribution in [0.2, 0.25) is 0 Å². The minimum atomic E-state index is -4.12. The second kappa shape index (κ2) is 6.63. The van der Waals surface area contributed by atoms with Gasteiger partial charge in [0.15, 0.2) is 5.78 Å². The number of carbonyl (C=O) groups excluding carboxylic acids is 1. The number of benzene rings is 1. The normalized spacial score (nSPS) is 23.0. The Hall–Kier alpha value is -1.32. The zero-order valence-corrected chi connectivity index (χ0v) is 12.2. The van der Waals surface area contributed by atoms with Crippen LogP contribution in [0.1, 0.15) is 54.9 Å². The molecule has 0 saturated heterocycles. The molecule has 0 bridgehead atoms. The van der Waals surface area contributed by atoms with Gasteiger partial charge in [-0.1, -0.05) is 31.5 Å². The molecule has 2 rings (SSSR count). The molecule has 1 aromatic carbocycles. The maximum absolute atomic E-state index is 12.6. The Morgan fingerprint density at radius 1 is 1.19 bits per heavy atom. The summed E-state index contributed by atoms with van der Waals surface area (Å²) in [5.41, 5.74) is 1.77. The van der Waals surface area contributed by atoms with E-state index in [-0.39, 0.29) is 24.5 Å². The van der Waals surface area contributed by atoms with Crippen LogP contribution in [0.5, 0.6) is 0 Å². The Morgan fingerprint density at radius 2 is 1.86 bits per heavy atom. The molecule has 0 amide bonds. The van der Waals surface area contributed by atoms with E-state index in [0.717, 1.165) is 18.4 Å². The number of Topliss-reactive ketones (excluding diaryl/α,β-unsaturated/α-hetero) is 1. The number of rotatable bonds is 4. The van der Waals surface area contributed by atoms with Crippen molar-refractivity contribution in [3.63, 3.8) is 0 Å². The van der Waals surface area contributed by atoms with Crippen LogP contribution in [-0.4, -0.2) is 12.0 Å². The van der Waals surface area contributed by atoms with E-state index >= 15 is 0 Å². The van der Waals surface area contributed by atoms with E-state index in [2.05, 4.69) is 6.92 Å². The topological polar surface area (TPSA) is 17.1 Å². The Labute approximate surface area is 123 Å². The predicted octanol–water partition coefficient (Wildman–Crippen LogP) is 5.19. The minimum Gasteiger partial charge on any atom is -0.294 e. The van der Waals surface area contributed by atoms with Gasteiger partial charge in [0.2, 0.25) is 0 Å². The van der Waals surface area contributed by atoms with Gasteiger partial charge in [0.1, 0.15) is 0 Å². The standard InChI is InChI=1S/C17H21F3O/c1-2-4-12-5-3-6-14(11-12)16(21)13-7-9-15(10-8-13)17(18,19)20/h3,5-6,11,13,15H,2,4,7-10H2,1H3. The van der Waals surface area contributed by atoms with Crippen LogP contribution in [0.3, 0.4) is 0 Å². The fourth-order valence-electron chi connectivity index (χ4n) is 3.09. The molecule has 0 radical (unpaired) electrons. The van der Waals surface area contributed by atoms with Crippen molar-refractivity contribution in [1.82, 2.24) is 0 Å². The van der Waals surface area contributed by atoms with Gasteiger partial charge < -0.3 is 0 Å². The van der Waals surface area contributed by atoms with Crippen molar-refractivity contribution in [1.29, 1.82) is 0 Å². The summed E-state index contributed by atoms with van der Waals surface area (Å²) >= 11 is 0. The van der Waals surface area contributed by atoms with Crippen molar-refractivity contribution in [3.05, 3.63) is 35.4 Å². The summed E-state index contributed by atoms with van der Waals surface area (Å²) in [7, 11) is 0. The average molecular weight is 298 g/mol. The third-order valence-corrected chi connectivity index (χ3v) is 4.31. The number of alkyl halides is 3. The van der Waals surface area contributed by atoms with Gasteiger partial charge in [0.25, 0.3) is 0 Å². The molecule has 1 nitrogen and oxygen atoms in total. The fraction of sp³-hybridized carbons (Fsp3) is 0.588. The number of hydrogen-bond acceptors (Lipinski definition) is 1. The van der Waals surface area contributed by atoms with E-state index in [1.807, 2.05) is 18.2 Å². The third-order valence-electron chi connectivity index (χ3n) is 4.31. The second-order valence-corrected chi connectivity index (χ2v) is 5.90. The molecule has 0 N–H and O–H groups in total. The van der Waals surface area contributed by atoms with E-state index in [1.54, 1.807) is 6.07 Å². The van der Waals surface area contributed by atoms with Crippen molar-refractivity contribution in [2.75, 3.05) is 0 Å². The Balaban J connectivity index is 2.00. The van der Waals surface area contributed by atoms with Gasteiger partial charge in [0.05, 0.1) is 5.92 Å². The monoisotopic (exact) mass is 298 g/mol. The van der Waals surface area contributed by atoms with Gasteiger partial charge >= 0.3 is 6.18 Å². The molecule has 0 heterocycles. The van der Waals surface area contributed by atoms with E-state index in [1.165, 1.54) is 0 Å². The summed E-state index contributed by atoms with van der Waals surface area (Å²) in [6, 6.07) is 7.51. The highest BCUT2D eigenvalue weighted by atomic mass is 19.4. The Morgan fingerprint density at radius 3 is 2.43 bits per heavy atom. The van der Waals surface area contributed by atoms with Gasteiger partial charge in [-0.25, -0.2) is 0 Å². The number of carbonyl (C=O) groups is 1. The molecule has 0 unspecified atom stereocenters. The van der Waals surface area contributed by atoms with E-state index < -0.39 is 12.1 Å². The highest BCUT2D eigenvalue weighted by molar-refractivity contribution is 5.98. The van der Waals surface area contributed by atoms with Gasteiger partial charge in [-0.15, -0.1) is 0 Å². The lowest BCUT2D eigenvalue weighted by Gasteiger charge is -2.29. The van der Waals surface area contributed by atoms with Crippen LogP contribution in [0.25, 0.3) is 0 Å². The second-order valence-electron chi connectivity index (χ2n) is 5.90. The molecule has 0 aliphatic heterocycles. The highest BCUT2D eigenvalue weighted by Crippen LogP contribution is 2.40. The lowest BCUT2D eigenvalue weighted by Crippen LogP contribution is -2.30. The van der Waals surface area contributed by atoms with Crippen molar-refractivity contribution in [3.8, 4) is 0 Å². The van der Waals surface area contributed by atoms with Crippen LogP contribution in [0, 0.1) is 11.8 Å². The van der Waals surface area contributed by atoms with E-state index in [0.29, 0.717) is 18.4 Å². The third kappa shape index (κ3) is 4.08. The zero-order chi connectivity index (χ0) is 15.5. The average Bonchev–Trinajstić information content (AvgIpc) is 2.46. The van der Waals surface area contributed by atoms with E-state index in [9.17, 15) is 18.0 Å². The molecule has 0 atom stereocenters. The van der Waals surface area contributed by atoms with Crippen LogP contribution >= 0.6 is 0 Å². The van der Waals surface area contributed by atoms with Crippen molar-refractivity contribution >= 4 is 5.78 Å². The van der Waals surface area contributed by atoms with Gasteiger partial charge in [-0.2, -0.15) is 13.2 Å². The number of ketones is 1. The number of hydrogen-bond donors (Lipinski definition) is 0. The summed E-state index contributed by atoms with van der Waals surface area (Å²) in [6.45, 7) is 2.08. The summed E-state index contributed by atoms with van der Waals surface area (Å²) in [5.74, 6) is -1.47. The minimum absolute atomic E-state index is 0.00794. The van der Waals surface area contributed by atoms with Crippen molar-refractivity contribution in [2.24, 2.45) is 11.8 Å². The van der Waals surface area contributed by atoms with Crippen LogP contribution in [0.4, 0.5) is 13.2 Å². The van der Waals surface area contributed by atoms with Gasteiger partial charge in [-0.05, 0) is 43.7 Å². The van der Waals surface area contributed by atoms with Gasteiger partial charge in [-0.3, -0.25) is 4.79 Å². The predicted molar refractivity (Wildman–Crippen MR) is 76.3 cm³/mol. The first-order valence-electron chi connectivity index (χ1n) is 7.61. The van der Waals surface area contributed by atoms with Gasteiger partial charge in [0, 0.05) is 11.5 Å². The first-order chi connectivity index (χ1) is 9.91. The van der Waals surface area contributed by atoms with Crippen LogP contribution < -0.4 is 0 Å². The molecule has 1 saturated carbocycles. The molecular formula is C17H21F3O. The molecular weight excluding hydrogens is 277 g/mol. The molecule has 4 heteroatoms. The maximum Gasteiger partial charge on any atom is 0.391 e. The largest absolute Gasteiger partial charge is 0.391 e. The van der Waals surface area contributed by atoms with Crippen molar-refractivity contribution < 1.29 is 18.0 Å². The molecule has 1 fully saturated rings. The maximum atomic E-state index is 12.6. The highest BCUT2D eigenvalue weighted by Gasteiger charge is 2.42.